The third kappa shape index (κ3) is 7.51. The first-order valence-corrected chi connectivity index (χ1v) is 4.26. The van der Waals surface area contributed by atoms with Crippen LogP contribution in [0.3, 0.4) is 0 Å². The Bertz CT molecular complexity index is 150. The van der Waals surface area contributed by atoms with Crippen LogP contribution in [0.4, 0.5) is 0 Å². The van der Waals surface area contributed by atoms with Gasteiger partial charge in [0.05, 0.1) is 0 Å². The van der Waals surface area contributed by atoms with Crippen molar-refractivity contribution in [3.05, 3.63) is 0 Å². The van der Waals surface area contributed by atoms with E-state index in [2.05, 4.69) is 10.6 Å². The van der Waals surface area contributed by atoms with E-state index >= 15 is 0 Å². The van der Waals surface area contributed by atoms with Gasteiger partial charge in [0.1, 0.15) is 12.1 Å². The van der Waals surface area contributed by atoms with Crippen molar-refractivity contribution in [1.29, 1.82) is 0 Å². The highest BCUT2D eigenvalue weighted by Crippen LogP contribution is 2.02. The molecule has 1 atom stereocenters. The zero-order chi connectivity index (χ0) is 10.1. The molecule has 0 aliphatic carbocycles. The smallest absolute Gasteiger partial charge is 0.121 e. The second-order valence-corrected chi connectivity index (χ2v) is 2.75. The molecule has 0 fully saturated rings. The summed E-state index contributed by atoms with van der Waals surface area (Å²) >= 11 is 0. The highest BCUT2D eigenvalue weighted by molar-refractivity contribution is 5.79. The van der Waals surface area contributed by atoms with Crippen LogP contribution in [0.2, 0.25) is 0 Å². The number of nitrogens with zero attached hydrogens (tertiary/aromatic N) is 1. The summed E-state index contributed by atoms with van der Waals surface area (Å²) in [4.78, 5) is 0. The van der Waals surface area contributed by atoms with Gasteiger partial charge < -0.3 is 16.2 Å². The fourth-order valence-corrected chi connectivity index (χ4v) is 0.908. The molecule has 1 unspecified atom stereocenters. The molecule has 0 aromatic rings. The van der Waals surface area contributed by atoms with Crippen LogP contribution >= 0.6 is 0 Å². The lowest BCUT2D eigenvalue weighted by Gasteiger charge is -2.08. The van der Waals surface area contributed by atoms with Crippen molar-refractivity contribution in [2.75, 3.05) is 7.11 Å². The van der Waals surface area contributed by atoms with Gasteiger partial charge in [0, 0.05) is 13.5 Å². The van der Waals surface area contributed by atoms with Gasteiger partial charge in [-0.15, -0.1) is 0 Å². The number of rotatable bonds is 7. The molecule has 0 rings (SSSR count). The van der Waals surface area contributed by atoms with Crippen LogP contribution < -0.4 is 22.8 Å². The van der Waals surface area contributed by atoms with E-state index in [0.717, 1.165) is 25.7 Å². The van der Waals surface area contributed by atoms with Gasteiger partial charge in [0.25, 0.3) is 0 Å². The van der Waals surface area contributed by atoms with Crippen LogP contribution in [0.15, 0.2) is 5.10 Å². The van der Waals surface area contributed by atoms with E-state index in [1.807, 2.05) is 0 Å². The first kappa shape index (κ1) is 12.2. The number of hydrazine groups is 1. The fraction of sp³-hybridized carbons (Fsp3) is 0.857. The highest BCUT2D eigenvalue weighted by atomic mass is 16.5. The number of hydrogen-bond donors (Lipinski definition) is 4. The number of hydrogen-bond acceptors (Lipinski definition) is 5. The molecule has 0 aliphatic rings. The van der Waals surface area contributed by atoms with Crippen LogP contribution in [-0.4, -0.2) is 19.2 Å². The van der Waals surface area contributed by atoms with Crippen molar-refractivity contribution in [2.45, 2.75) is 31.9 Å². The Balaban J connectivity index is 3.30. The predicted octanol–water partition coefficient (Wildman–Crippen LogP) is -0.786. The number of amidine groups is 1. The van der Waals surface area contributed by atoms with Crippen LogP contribution in [0.1, 0.15) is 25.7 Å². The minimum Gasteiger partial charge on any atom is -0.386 e. The summed E-state index contributed by atoms with van der Waals surface area (Å²) < 4.78 is 4.89. The molecule has 7 N–H and O–H groups in total. The first-order valence-electron chi connectivity index (χ1n) is 4.26. The van der Waals surface area contributed by atoms with Gasteiger partial charge >= 0.3 is 0 Å². The molecule has 0 amide bonds. The summed E-state index contributed by atoms with van der Waals surface area (Å²) in [6, 6.07) is 0. The van der Waals surface area contributed by atoms with Crippen LogP contribution in [0.25, 0.3) is 0 Å². The van der Waals surface area contributed by atoms with E-state index in [1.54, 1.807) is 7.11 Å². The zero-order valence-electron chi connectivity index (χ0n) is 7.99. The molecule has 0 heterocycles. The predicted molar refractivity (Wildman–Crippen MR) is 52.4 cm³/mol. The lowest BCUT2D eigenvalue weighted by molar-refractivity contribution is 0.0987. The van der Waals surface area contributed by atoms with E-state index in [4.69, 9.17) is 22.0 Å². The van der Waals surface area contributed by atoms with E-state index in [0.29, 0.717) is 5.84 Å². The Morgan fingerprint density at radius 1 is 1.54 bits per heavy atom. The van der Waals surface area contributed by atoms with Crippen LogP contribution in [0.5, 0.6) is 0 Å². The molecule has 0 spiro atoms. The quantitative estimate of drug-likeness (QED) is 0.105. The van der Waals surface area contributed by atoms with Crippen molar-refractivity contribution < 1.29 is 4.74 Å². The fourth-order valence-electron chi connectivity index (χ4n) is 0.908. The van der Waals surface area contributed by atoms with Gasteiger partial charge in [0.15, 0.2) is 0 Å². The number of methoxy groups -OCH3 is 1. The van der Waals surface area contributed by atoms with Crippen molar-refractivity contribution in [3.8, 4) is 0 Å². The number of hydrazone groups is 1. The van der Waals surface area contributed by atoms with Gasteiger partial charge in [-0.2, -0.15) is 5.10 Å². The molecule has 0 bridgehead atoms. The summed E-state index contributed by atoms with van der Waals surface area (Å²) in [5.74, 6) is 5.45. The normalized spacial score (nSPS) is 14.2. The standard InChI is InChI=1S/C7H19N5O/c1-13-7(9)5-3-2-4-6(8)11-12-10/h7,12H,2-5,9-10H2,1H3,(H2,8,11). The molecule has 6 nitrogen and oxygen atoms in total. The van der Waals surface area contributed by atoms with Crippen molar-refractivity contribution >= 4 is 5.84 Å². The van der Waals surface area contributed by atoms with Gasteiger partial charge in [-0.1, -0.05) is 0 Å². The second kappa shape index (κ2) is 7.78. The average Bonchev–Trinajstić information content (AvgIpc) is 2.12. The topological polar surface area (TPSA) is 112 Å². The maximum atomic E-state index is 5.53. The largest absolute Gasteiger partial charge is 0.386 e. The molecular formula is C7H19N5O. The monoisotopic (exact) mass is 189 g/mol. The maximum Gasteiger partial charge on any atom is 0.121 e. The molecule has 6 heteroatoms. The summed E-state index contributed by atoms with van der Waals surface area (Å²) in [6.45, 7) is 0. The molecule has 0 radical (unpaired) electrons. The summed E-state index contributed by atoms with van der Waals surface area (Å²) in [7, 11) is 1.60. The minimum atomic E-state index is -0.175. The van der Waals surface area contributed by atoms with E-state index in [-0.39, 0.29) is 6.23 Å². The maximum absolute atomic E-state index is 5.53. The van der Waals surface area contributed by atoms with Gasteiger partial charge in [0.2, 0.25) is 0 Å². The summed E-state index contributed by atoms with van der Waals surface area (Å²) in [5.41, 5.74) is 13.2. The average molecular weight is 189 g/mol. The van der Waals surface area contributed by atoms with Gasteiger partial charge in [-0.25, -0.2) is 11.4 Å². The number of ether oxygens (including phenoxy) is 1. The third-order valence-electron chi connectivity index (χ3n) is 1.68. The molecule has 0 saturated carbocycles. The summed E-state index contributed by atoms with van der Waals surface area (Å²) in [5, 5.41) is 3.62. The van der Waals surface area contributed by atoms with E-state index in [1.165, 1.54) is 0 Å². The van der Waals surface area contributed by atoms with E-state index in [9.17, 15) is 0 Å². The molecule has 0 aromatic carbocycles. The van der Waals surface area contributed by atoms with Crippen LogP contribution in [0, 0.1) is 0 Å². The number of nitrogens with one attached hydrogen (secondary N) is 1. The minimum absolute atomic E-state index is 0.175. The lowest BCUT2D eigenvalue weighted by Crippen LogP contribution is -2.23. The first-order chi connectivity index (χ1) is 6.20. The molecule has 78 valence electrons. The molecular weight excluding hydrogens is 170 g/mol. The second-order valence-electron chi connectivity index (χ2n) is 2.75. The van der Waals surface area contributed by atoms with Gasteiger partial charge in [-0.05, 0) is 19.3 Å². The van der Waals surface area contributed by atoms with Crippen LogP contribution in [-0.2, 0) is 4.74 Å². The zero-order valence-corrected chi connectivity index (χ0v) is 7.99. The number of unbranched alkanes of at least 4 members (excludes halogenated alkanes) is 1. The lowest BCUT2D eigenvalue weighted by atomic mass is 10.2. The van der Waals surface area contributed by atoms with E-state index < -0.39 is 0 Å². The molecule has 13 heavy (non-hydrogen) atoms. The molecule has 0 saturated heterocycles. The SMILES string of the molecule is COC(N)CCCCC(N)=NNN. The third-order valence-corrected chi connectivity index (χ3v) is 1.68. The molecule has 0 aliphatic heterocycles. The van der Waals surface area contributed by atoms with Gasteiger partial charge in [-0.3, -0.25) is 0 Å². The van der Waals surface area contributed by atoms with Crippen molar-refractivity contribution in [3.63, 3.8) is 0 Å². The Hall–Kier alpha value is -0.850. The highest BCUT2D eigenvalue weighted by Gasteiger charge is 1.99. The number of nitrogens with two attached hydrogens (primary N) is 3. The Kier molecular flexibility index (Phi) is 7.27. The molecule has 0 aromatic heterocycles. The summed E-state index contributed by atoms with van der Waals surface area (Å²) in [6.07, 6.45) is 3.29. The van der Waals surface area contributed by atoms with Crippen molar-refractivity contribution in [2.24, 2.45) is 22.4 Å². The Labute approximate surface area is 78.4 Å². The Morgan fingerprint density at radius 2 is 2.23 bits per heavy atom. The van der Waals surface area contributed by atoms with Crippen molar-refractivity contribution in [1.82, 2.24) is 5.53 Å². The Morgan fingerprint density at radius 3 is 2.77 bits per heavy atom.